The molecular formula is C25H42O6. The van der Waals surface area contributed by atoms with E-state index in [-0.39, 0.29) is 31.7 Å². The molecule has 1 saturated carbocycles. The number of rotatable bonds is 16. The third kappa shape index (κ3) is 10.6. The van der Waals surface area contributed by atoms with Gasteiger partial charge in [0.2, 0.25) is 0 Å². The van der Waals surface area contributed by atoms with Crippen LogP contribution >= 0.6 is 0 Å². The fourth-order valence-electron chi connectivity index (χ4n) is 3.95. The van der Waals surface area contributed by atoms with Gasteiger partial charge in [0.15, 0.2) is 0 Å². The summed E-state index contributed by atoms with van der Waals surface area (Å²) in [5.41, 5.74) is 0. The minimum Gasteiger partial charge on any atom is -0.459 e. The Labute approximate surface area is 187 Å². The molecule has 0 aromatic rings. The predicted molar refractivity (Wildman–Crippen MR) is 121 cm³/mol. The van der Waals surface area contributed by atoms with Gasteiger partial charge in [-0.3, -0.25) is 4.79 Å². The summed E-state index contributed by atoms with van der Waals surface area (Å²) in [6.07, 6.45) is 16.3. The van der Waals surface area contributed by atoms with Crippen molar-refractivity contribution in [1.29, 1.82) is 0 Å². The van der Waals surface area contributed by atoms with E-state index in [2.05, 4.69) is 31.2 Å². The first-order chi connectivity index (χ1) is 14.8. The molecule has 0 saturated heterocycles. The van der Waals surface area contributed by atoms with E-state index in [0.29, 0.717) is 24.5 Å². The SMILES string of the molecule is CCC=CCCC=C[C@H]1CCC(=O)[C@@H]1CCCCCC(O)(OCCO)C(=O)OC(C)C. The number of ketones is 1. The van der Waals surface area contributed by atoms with Crippen molar-refractivity contribution in [3.63, 3.8) is 0 Å². The fraction of sp³-hybridized carbons (Fsp3) is 0.760. The first-order valence-electron chi connectivity index (χ1n) is 11.9. The van der Waals surface area contributed by atoms with E-state index < -0.39 is 11.8 Å². The van der Waals surface area contributed by atoms with Crippen molar-refractivity contribution >= 4 is 11.8 Å². The van der Waals surface area contributed by atoms with E-state index in [9.17, 15) is 14.7 Å². The summed E-state index contributed by atoms with van der Waals surface area (Å²) in [4.78, 5) is 24.5. The fourth-order valence-corrected chi connectivity index (χ4v) is 3.95. The number of carbonyl (C=O) groups excluding carboxylic acids is 2. The van der Waals surface area contributed by atoms with Gasteiger partial charge in [-0.25, -0.2) is 4.79 Å². The zero-order valence-corrected chi connectivity index (χ0v) is 19.6. The first kappa shape index (κ1) is 27.5. The molecule has 6 heteroatoms. The van der Waals surface area contributed by atoms with Crippen molar-refractivity contribution in [3.05, 3.63) is 24.3 Å². The van der Waals surface area contributed by atoms with Crippen LogP contribution in [-0.2, 0) is 19.1 Å². The lowest BCUT2D eigenvalue weighted by Crippen LogP contribution is -2.44. The highest BCUT2D eigenvalue weighted by atomic mass is 16.7. The van der Waals surface area contributed by atoms with Crippen molar-refractivity contribution in [3.8, 4) is 0 Å². The standard InChI is InChI=1S/C25H42O6/c1-4-5-6-7-8-10-13-21-15-16-23(27)22(21)14-11-9-12-17-25(29,30-19-18-26)24(28)31-20(2)3/h5-6,10,13,20-22,26,29H,4,7-9,11-12,14-19H2,1-3H3/t21-,22+,25?/m0/s1. The van der Waals surface area contributed by atoms with Crippen LogP contribution in [0.1, 0.15) is 85.0 Å². The molecule has 0 aromatic heterocycles. The molecule has 1 unspecified atom stereocenters. The van der Waals surface area contributed by atoms with Crippen LogP contribution < -0.4 is 0 Å². The lowest BCUT2D eigenvalue weighted by atomic mass is 9.89. The van der Waals surface area contributed by atoms with Crippen molar-refractivity contribution in [2.45, 2.75) is 96.9 Å². The third-order valence-corrected chi connectivity index (χ3v) is 5.56. The molecule has 0 aliphatic heterocycles. The Kier molecular flexibility index (Phi) is 13.6. The second-order valence-corrected chi connectivity index (χ2v) is 8.57. The van der Waals surface area contributed by atoms with Gasteiger partial charge in [0, 0.05) is 18.8 Å². The van der Waals surface area contributed by atoms with Crippen LogP contribution in [0.3, 0.4) is 0 Å². The van der Waals surface area contributed by atoms with E-state index in [0.717, 1.165) is 44.9 Å². The Bertz CT molecular complexity index is 583. The quantitative estimate of drug-likeness (QED) is 0.160. The van der Waals surface area contributed by atoms with Crippen molar-refractivity contribution in [2.24, 2.45) is 11.8 Å². The average molecular weight is 439 g/mol. The van der Waals surface area contributed by atoms with E-state index in [1.54, 1.807) is 13.8 Å². The van der Waals surface area contributed by atoms with Gasteiger partial charge in [-0.2, -0.15) is 0 Å². The lowest BCUT2D eigenvalue weighted by molar-refractivity contribution is -0.236. The molecule has 3 atom stereocenters. The first-order valence-corrected chi connectivity index (χ1v) is 11.9. The van der Waals surface area contributed by atoms with Gasteiger partial charge < -0.3 is 19.7 Å². The topological polar surface area (TPSA) is 93.1 Å². The number of carbonyl (C=O) groups is 2. The zero-order chi connectivity index (χ0) is 23.1. The molecule has 0 spiro atoms. The maximum absolute atomic E-state index is 12.3. The van der Waals surface area contributed by atoms with E-state index in [1.807, 2.05) is 0 Å². The Hall–Kier alpha value is -1.50. The minimum absolute atomic E-state index is 0.0814. The summed E-state index contributed by atoms with van der Waals surface area (Å²) in [6, 6.07) is 0. The Morgan fingerprint density at radius 3 is 2.61 bits per heavy atom. The molecule has 1 aliphatic rings. The van der Waals surface area contributed by atoms with Crippen molar-refractivity contribution in [1.82, 2.24) is 0 Å². The number of esters is 1. The minimum atomic E-state index is -2.03. The van der Waals surface area contributed by atoms with Gasteiger partial charge >= 0.3 is 5.97 Å². The van der Waals surface area contributed by atoms with E-state index >= 15 is 0 Å². The summed E-state index contributed by atoms with van der Waals surface area (Å²) < 4.78 is 10.3. The van der Waals surface area contributed by atoms with Gasteiger partial charge in [0.1, 0.15) is 5.78 Å². The van der Waals surface area contributed by atoms with Crippen LogP contribution in [0.15, 0.2) is 24.3 Å². The molecule has 1 aliphatic carbocycles. The second kappa shape index (κ2) is 15.3. The van der Waals surface area contributed by atoms with Crippen LogP contribution in [0.2, 0.25) is 0 Å². The highest BCUT2D eigenvalue weighted by Crippen LogP contribution is 2.34. The number of hydrogen-bond acceptors (Lipinski definition) is 6. The summed E-state index contributed by atoms with van der Waals surface area (Å²) in [5.74, 6) is -2.09. The van der Waals surface area contributed by atoms with Crippen molar-refractivity contribution in [2.75, 3.05) is 13.2 Å². The number of unbranched alkanes of at least 4 members (excludes halogenated alkanes) is 3. The second-order valence-electron chi connectivity index (χ2n) is 8.57. The van der Waals surface area contributed by atoms with Gasteiger partial charge in [-0.1, -0.05) is 44.1 Å². The summed E-state index contributed by atoms with van der Waals surface area (Å²) >= 11 is 0. The van der Waals surface area contributed by atoms with Crippen LogP contribution in [0.25, 0.3) is 0 Å². The Balaban J connectivity index is 2.43. The summed E-state index contributed by atoms with van der Waals surface area (Å²) in [5, 5.41) is 19.5. The average Bonchev–Trinajstić information content (AvgIpc) is 3.07. The Morgan fingerprint density at radius 1 is 1.19 bits per heavy atom. The third-order valence-electron chi connectivity index (χ3n) is 5.56. The monoisotopic (exact) mass is 438 g/mol. The molecule has 0 heterocycles. The molecule has 178 valence electrons. The molecule has 0 bridgehead atoms. The number of aliphatic hydroxyl groups is 2. The molecule has 6 nitrogen and oxygen atoms in total. The predicted octanol–water partition coefficient (Wildman–Crippen LogP) is 4.48. The van der Waals surface area contributed by atoms with Gasteiger partial charge in [-0.15, -0.1) is 0 Å². The maximum atomic E-state index is 12.3. The smallest absolute Gasteiger partial charge is 0.366 e. The molecule has 1 fully saturated rings. The highest BCUT2D eigenvalue weighted by Gasteiger charge is 2.39. The molecule has 0 radical (unpaired) electrons. The zero-order valence-electron chi connectivity index (χ0n) is 19.6. The molecule has 2 N–H and O–H groups in total. The van der Waals surface area contributed by atoms with Crippen LogP contribution in [0.5, 0.6) is 0 Å². The van der Waals surface area contributed by atoms with Crippen molar-refractivity contribution < 1.29 is 29.3 Å². The number of ether oxygens (including phenoxy) is 2. The number of allylic oxidation sites excluding steroid dienone is 4. The Morgan fingerprint density at radius 2 is 1.94 bits per heavy atom. The highest BCUT2D eigenvalue weighted by molar-refractivity contribution is 5.83. The van der Waals surface area contributed by atoms with Gasteiger partial charge in [0.05, 0.1) is 19.3 Å². The van der Waals surface area contributed by atoms with Gasteiger partial charge in [0.25, 0.3) is 5.79 Å². The molecule has 1 rings (SSSR count). The lowest BCUT2D eigenvalue weighted by Gasteiger charge is -2.27. The van der Waals surface area contributed by atoms with Gasteiger partial charge in [-0.05, 0) is 58.3 Å². The van der Waals surface area contributed by atoms with E-state index in [1.165, 1.54) is 0 Å². The van der Waals surface area contributed by atoms with Crippen LogP contribution in [0.4, 0.5) is 0 Å². The largest absolute Gasteiger partial charge is 0.459 e. The number of aliphatic hydroxyl groups excluding tert-OH is 1. The number of hydrogen-bond donors (Lipinski definition) is 2. The maximum Gasteiger partial charge on any atom is 0.366 e. The normalized spacial score (nSPS) is 21.4. The molecule has 31 heavy (non-hydrogen) atoms. The summed E-state index contributed by atoms with van der Waals surface area (Å²) in [7, 11) is 0. The molecule has 0 amide bonds. The van der Waals surface area contributed by atoms with Crippen LogP contribution in [0, 0.1) is 11.8 Å². The number of Topliss-reactive ketones (excluding diaryl/α,β-unsaturated/α-hetero) is 1. The van der Waals surface area contributed by atoms with Crippen LogP contribution in [-0.4, -0.2) is 47.1 Å². The summed E-state index contributed by atoms with van der Waals surface area (Å²) in [6.45, 7) is 5.11. The van der Waals surface area contributed by atoms with E-state index in [4.69, 9.17) is 14.6 Å². The molecule has 0 aromatic carbocycles. The molecular weight excluding hydrogens is 396 g/mol.